The van der Waals surface area contributed by atoms with Crippen LogP contribution in [0.1, 0.15) is 27.2 Å². The summed E-state index contributed by atoms with van der Waals surface area (Å²) in [7, 11) is -2.23. The van der Waals surface area contributed by atoms with E-state index >= 15 is 0 Å². The molecule has 0 saturated heterocycles. The third-order valence-corrected chi connectivity index (χ3v) is 8.01. The van der Waals surface area contributed by atoms with Crippen LogP contribution in [0.25, 0.3) is 11.1 Å². The summed E-state index contributed by atoms with van der Waals surface area (Å²) in [6.07, 6.45) is 3.73. The number of nitrogens with zero attached hydrogens (tertiary/aromatic N) is 3. The standard InChI is InChI=1S/C24H34N4O5S/c1-5-10-26-24(30)27(4)15-22-17(2)14-28(18(3)16-29)34(31,32)23-9-8-19(12-21(23)33-22)20-7-6-11-25-13-20/h6-9,11-13,17-18,22,29H,5,10,14-16H2,1-4H3,(H,26,30)/t17-,18-,22-/m0/s1. The van der Waals surface area contributed by atoms with Crippen LogP contribution in [-0.4, -0.2) is 79.2 Å². The van der Waals surface area contributed by atoms with Gasteiger partial charge >= 0.3 is 6.03 Å². The summed E-state index contributed by atoms with van der Waals surface area (Å²) in [5, 5.41) is 12.6. The molecule has 0 fully saturated rings. The third kappa shape index (κ3) is 5.68. The predicted octanol–water partition coefficient (Wildman–Crippen LogP) is 2.57. The normalized spacial score (nSPS) is 20.9. The molecule has 2 aromatic rings. The summed E-state index contributed by atoms with van der Waals surface area (Å²) < 4.78 is 34.8. The first-order chi connectivity index (χ1) is 16.2. The Balaban J connectivity index is 2.04. The largest absolute Gasteiger partial charge is 0.487 e. The number of aromatic nitrogens is 1. The minimum absolute atomic E-state index is 0.0374. The lowest BCUT2D eigenvalue weighted by Crippen LogP contribution is -2.51. The fourth-order valence-corrected chi connectivity index (χ4v) is 5.70. The first-order valence-electron chi connectivity index (χ1n) is 11.5. The quantitative estimate of drug-likeness (QED) is 0.617. The summed E-state index contributed by atoms with van der Waals surface area (Å²) in [6, 6.07) is 7.84. The van der Waals surface area contributed by atoms with Crippen LogP contribution in [0.15, 0.2) is 47.6 Å². The van der Waals surface area contributed by atoms with Crippen molar-refractivity contribution in [2.45, 2.75) is 44.2 Å². The molecular weight excluding hydrogens is 456 g/mol. The third-order valence-electron chi connectivity index (χ3n) is 5.99. The van der Waals surface area contributed by atoms with Gasteiger partial charge in [-0.2, -0.15) is 4.31 Å². The number of sulfonamides is 1. The number of aliphatic hydroxyl groups excluding tert-OH is 1. The fourth-order valence-electron chi connectivity index (χ4n) is 3.88. The lowest BCUT2D eigenvalue weighted by Gasteiger charge is -2.37. The van der Waals surface area contributed by atoms with E-state index in [0.29, 0.717) is 6.54 Å². The number of carbonyl (C=O) groups excluding carboxylic acids is 1. The maximum atomic E-state index is 13.6. The van der Waals surface area contributed by atoms with Crippen molar-refractivity contribution in [2.24, 2.45) is 5.92 Å². The van der Waals surface area contributed by atoms with Crippen LogP contribution in [-0.2, 0) is 10.0 Å². The Labute approximate surface area is 201 Å². The van der Waals surface area contributed by atoms with Gasteiger partial charge in [-0.15, -0.1) is 0 Å². The first kappa shape index (κ1) is 25.9. The van der Waals surface area contributed by atoms with E-state index in [1.54, 1.807) is 43.4 Å². The Morgan fingerprint density at radius 1 is 1.35 bits per heavy atom. The molecule has 1 aromatic heterocycles. The molecule has 9 nitrogen and oxygen atoms in total. The molecule has 2 heterocycles. The zero-order chi connectivity index (χ0) is 24.9. The number of urea groups is 1. The number of aliphatic hydroxyl groups is 1. The summed E-state index contributed by atoms with van der Waals surface area (Å²) >= 11 is 0. The monoisotopic (exact) mass is 490 g/mol. The van der Waals surface area contributed by atoms with E-state index in [0.717, 1.165) is 17.5 Å². The highest BCUT2D eigenvalue weighted by Gasteiger charge is 2.38. The lowest BCUT2D eigenvalue weighted by atomic mass is 10.0. The van der Waals surface area contributed by atoms with E-state index in [1.165, 1.54) is 10.4 Å². The maximum Gasteiger partial charge on any atom is 0.317 e. The van der Waals surface area contributed by atoms with Crippen molar-refractivity contribution in [1.29, 1.82) is 0 Å². The second-order valence-corrected chi connectivity index (χ2v) is 10.6. The molecule has 0 aliphatic carbocycles. The van der Waals surface area contributed by atoms with Crippen molar-refractivity contribution in [3.63, 3.8) is 0 Å². The Morgan fingerprint density at radius 3 is 2.76 bits per heavy atom. The van der Waals surface area contributed by atoms with Crippen molar-refractivity contribution in [3.8, 4) is 16.9 Å². The van der Waals surface area contributed by atoms with Gasteiger partial charge in [0.05, 0.1) is 13.2 Å². The molecule has 0 bridgehead atoms. The predicted molar refractivity (Wildman–Crippen MR) is 130 cm³/mol. The molecule has 3 rings (SSSR count). The van der Waals surface area contributed by atoms with Gasteiger partial charge in [0.1, 0.15) is 16.7 Å². The van der Waals surface area contributed by atoms with Crippen LogP contribution in [0.3, 0.4) is 0 Å². The Morgan fingerprint density at radius 2 is 2.12 bits per heavy atom. The number of rotatable bonds is 7. The van der Waals surface area contributed by atoms with Gasteiger partial charge < -0.3 is 20.1 Å². The maximum absolute atomic E-state index is 13.6. The molecule has 1 aromatic carbocycles. The van der Waals surface area contributed by atoms with E-state index in [2.05, 4.69) is 10.3 Å². The minimum Gasteiger partial charge on any atom is -0.487 e. The van der Waals surface area contributed by atoms with Crippen LogP contribution >= 0.6 is 0 Å². The van der Waals surface area contributed by atoms with Crippen LogP contribution in [0.4, 0.5) is 4.79 Å². The average Bonchev–Trinajstić information content (AvgIpc) is 2.84. The van der Waals surface area contributed by atoms with Gasteiger partial charge in [-0.25, -0.2) is 13.2 Å². The van der Waals surface area contributed by atoms with Gasteiger partial charge in [-0.3, -0.25) is 4.98 Å². The van der Waals surface area contributed by atoms with Crippen molar-refractivity contribution >= 4 is 16.1 Å². The molecule has 0 saturated carbocycles. The molecule has 1 aliphatic rings. The highest BCUT2D eigenvalue weighted by atomic mass is 32.2. The van der Waals surface area contributed by atoms with Gasteiger partial charge in [0, 0.05) is 50.1 Å². The molecule has 0 unspecified atom stereocenters. The Kier molecular flexibility index (Phi) is 8.51. The SMILES string of the molecule is CCCNC(=O)N(C)C[C@@H]1Oc2cc(-c3cccnc3)ccc2S(=O)(=O)N([C@@H](C)CO)C[C@@H]1C. The summed E-state index contributed by atoms with van der Waals surface area (Å²) in [5.74, 6) is -0.0317. The van der Waals surface area contributed by atoms with E-state index < -0.39 is 22.2 Å². The molecule has 3 atom stereocenters. The second-order valence-electron chi connectivity index (χ2n) is 8.76. The number of fused-ring (bicyclic) bond motifs is 1. The number of likely N-dealkylation sites (N-methyl/N-ethyl adjacent to an activating group) is 1. The number of hydrogen-bond acceptors (Lipinski definition) is 6. The molecule has 34 heavy (non-hydrogen) atoms. The number of hydrogen-bond donors (Lipinski definition) is 2. The first-order valence-corrected chi connectivity index (χ1v) is 13.0. The molecule has 2 amide bonds. The number of carbonyl (C=O) groups is 1. The highest BCUT2D eigenvalue weighted by molar-refractivity contribution is 7.89. The zero-order valence-electron chi connectivity index (χ0n) is 20.1. The fraction of sp³-hybridized carbons (Fsp3) is 0.500. The second kappa shape index (κ2) is 11.2. The molecule has 0 radical (unpaired) electrons. The summed E-state index contributed by atoms with van der Waals surface area (Å²) in [4.78, 5) is 18.2. The Hall–Kier alpha value is -2.69. The summed E-state index contributed by atoms with van der Waals surface area (Å²) in [5.41, 5.74) is 1.60. The number of pyridine rings is 1. The number of benzene rings is 1. The molecule has 186 valence electrons. The van der Waals surface area contributed by atoms with Crippen molar-refractivity contribution in [1.82, 2.24) is 19.5 Å². The van der Waals surface area contributed by atoms with Gasteiger partial charge in [-0.1, -0.05) is 26.0 Å². The topological polar surface area (TPSA) is 112 Å². The van der Waals surface area contributed by atoms with Crippen LogP contribution in [0, 0.1) is 5.92 Å². The molecule has 2 N–H and O–H groups in total. The van der Waals surface area contributed by atoms with Gasteiger partial charge in [0.25, 0.3) is 0 Å². The van der Waals surface area contributed by atoms with Crippen molar-refractivity contribution in [2.75, 3.05) is 33.3 Å². The van der Waals surface area contributed by atoms with Crippen molar-refractivity contribution in [3.05, 3.63) is 42.7 Å². The number of amides is 2. The molecule has 1 aliphatic heterocycles. The molecule has 10 heteroatoms. The minimum atomic E-state index is -3.93. The lowest BCUT2D eigenvalue weighted by molar-refractivity contribution is 0.0813. The van der Waals surface area contributed by atoms with E-state index in [1.807, 2.05) is 26.0 Å². The Bertz CT molecular complexity index is 1080. The van der Waals surface area contributed by atoms with E-state index in [9.17, 15) is 18.3 Å². The number of nitrogens with one attached hydrogen (secondary N) is 1. The number of ether oxygens (including phenoxy) is 1. The average molecular weight is 491 g/mol. The summed E-state index contributed by atoms with van der Waals surface area (Å²) in [6.45, 7) is 6.24. The van der Waals surface area contributed by atoms with Crippen molar-refractivity contribution < 1.29 is 23.1 Å². The highest BCUT2D eigenvalue weighted by Crippen LogP contribution is 2.36. The van der Waals surface area contributed by atoms with Gasteiger partial charge in [-0.05, 0) is 37.1 Å². The molecule has 0 spiro atoms. The van der Waals surface area contributed by atoms with E-state index in [4.69, 9.17) is 4.74 Å². The van der Waals surface area contributed by atoms with E-state index in [-0.39, 0.29) is 42.3 Å². The van der Waals surface area contributed by atoms with Crippen LogP contribution < -0.4 is 10.1 Å². The van der Waals surface area contributed by atoms with Gasteiger partial charge in [0.15, 0.2) is 0 Å². The smallest absolute Gasteiger partial charge is 0.317 e. The van der Waals surface area contributed by atoms with Crippen LogP contribution in [0.2, 0.25) is 0 Å². The van der Waals surface area contributed by atoms with Gasteiger partial charge in [0.2, 0.25) is 10.0 Å². The zero-order valence-corrected chi connectivity index (χ0v) is 21.0. The molecular formula is C24H34N4O5S. The van der Waals surface area contributed by atoms with Crippen LogP contribution in [0.5, 0.6) is 5.75 Å².